The lowest BCUT2D eigenvalue weighted by molar-refractivity contribution is 0.102. The van der Waals surface area contributed by atoms with Crippen molar-refractivity contribution in [1.82, 2.24) is 4.72 Å². The second-order valence-corrected chi connectivity index (χ2v) is 10.5. The highest BCUT2D eigenvalue weighted by atomic mass is 32.2. The van der Waals surface area contributed by atoms with Crippen LogP contribution in [0.1, 0.15) is 36.2 Å². The van der Waals surface area contributed by atoms with Crippen molar-refractivity contribution in [3.8, 4) is 0 Å². The summed E-state index contributed by atoms with van der Waals surface area (Å²) in [6.07, 6.45) is 0.791. The Morgan fingerprint density at radius 1 is 1.13 bits per heavy atom. The number of rotatable bonds is 6. The molecule has 0 saturated heterocycles. The standard InChI is InChI=1S/C20H24N4O5S2/c1-5-10-24-14(3)23-31(28,29)19-11-15(7-9-18(19)24)20(25)22-17-12-16(8-6-13(17)2)30(26,27)21-4/h6-9,11-12,21H,5,10H2,1-4H3,(H,22,25). The van der Waals surface area contributed by atoms with Crippen LogP contribution in [-0.4, -0.2) is 42.2 Å². The third kappa shape index (κ3) is 4.48. The SMILES string of the molecule is CCCN1C(C)=NS(=O)(=O)c2cc(C(=O)Nc3cc(S(=O)(=O)NC)ccc3C)ccc21. The molecule has 2 aromatic rings. The first-order chi connectivity index (χ1) is 14.5. The molecule has 2 N–H and O–H groups in total. The summed E-state index contributed by atoms with van der Waals surface area (Å²) in [5.74, 6) is -0.182. The van der Waals surface area contributed by atoms with E-state index in [1.54, 1.807) is 30.9 Å². The highest BCUT2D eigenvalue weighted by Gasteiger charge is 2.29. The van der Waals surface area contributed by atoms with Crippen LogP contribution >= 0.6 is 0 Å². The monoisotopic (exact) mass is 464 g/mol. The Balaban J connectivity index is 1.98. The summed E-state index contributed by atoms with van der Waals surface area (Å²) in [6.45, 7) is 5.92. The highest BCUT2D eigenvalue weighted by molar-refractivity contribution is 7.90. The number of amidine groups is 1. The summed E-state index contributed by atoms with van der Waals surface area (Å²) in [5, 5.41) is 2.67. The second kappa shape index (κ2) is 8.40. The second-order valence-electron chi connectivity index (χ2n) is 7.09. The fourth-order valence-corrected chi connectivity index (χ4v) is 5.27. The van der Waals surface area contributed by atoms with Crippen molar-refractivity contribution in [3.63, 3.8) is 0 Å². The van der Waals surface area contributed by atoms with Gasteiger partial charge in [-0.05, 0) is 63.2 Å². The van der Waals surface area contributed by atoms with E-state index in [-0.39, 0.29) is 15.4 Å². The van der Waals surface area contributed by atoms with Crippen LogP contribution in [0.25, 0.3) is 0 Å². The Hall–Kier alpha value is -2.76. The zero-order chi connectivity index (χ0) is 23.0. The van der Waals surface area contributed by atoms with Gasteiger partial charge in [-0.25, -0.2) is 13.1 Å². The predicted octanol–water partition coefficient (Wildman–Crippen LogP) is 2.49. The molecule has 0 spiro atoms. The van der Waals surface area contributed by atoms with Crippen LogP contribution in [0.2, 0.25) is 0 Å². The van der Waals surface area contributed by atoms with Crippen LogP contribution in [0.5, 0.6) is 0 Å². The quantitative estimate of drug-likeness (QED) is 0.677. The molecular weight excluding hydrogens is 440 g/mol. The summed E-state index contributed by atoms with van der Waals surface area (Å²) < 4.78 is 55.3. The minimum atomic E-state index is -3.93. The Morgan fingerprint density at radius 3 is 2.48 bits per heavy atom. The first kappa shape index (κ1) is 22.9. The van der Waals surface area contributed by atoms with E-state index in [4.69, 9.17) is 0 Å². The van der Waals surface area contributed by atoms with Gasteiger partial charge in [0.15, 0.2) is 0 Å². The number of nitrogens with one attached hydrogen (secondary N) is 2. The van der Waals surface area contributed by atoms with Gasteiger partial charge >= 0.3 is 0 Å². The van der Waals surface area contributed by atoms with Crippen LogP contribution in [0.3, 0.4) is 0 Å². The lowest BCUT2D eigenvalue weighted by Crippen LogP contribution is -2.34. The van der Waals surface area contributed by atoms with Gasteiger partial charge in [0.1, 0.15) is 10.7 Å². The van der Waals surface area contributed by atoms with Crippen LogP contribution < -0.4 is 14.9 Å². The van der Waals surface area contributed by atoms with Crippen molar-refractivity contribution in [2.24, 2.45) is 4.40 Å². The summed E-state index contributed by atoms with van der Waals surface area (Å²) in [6, 6.07) is 8.79. The number of sulfonamides is 2. The van der Waals surface area contributed by atoms with E-state index in [9.17, 15) is 21.6 Å². The van der Waals surface area contributed by atoms with Gasteiger partial charge in [-0.2, -0.15) is 8.42 Å². The predicted molar refractivity (Wildman–Crippen MR) is 120 cm³/mol. The summed E-state index contributed by atoms with van der Waals surface area (Å²) in [4.78, 5) is 14.6. The molecule has 0 saturated carbocycles. The maximum Gasteiger partial charge on any atom is 0.286 e. The fraction of sp³-hybridized carbons (Fsp3) is 0.300. The molecule has 0 aliphatic carbocycles. The van der Waals surface area contributed by atoms with Crippen molar-refractivity contribution in [3.05, 3.63) is 47.5 Å². The normalized spacial score (nSPS) is 15.2. The number of hydrogen-bond acceptors (Lipinski definition) is 6. The molecule has 31 heavy (non-hydrogen) atoms. The Labute approximate surface area is 182 Å². The maximum absolute atomic E-state index is 12.8. The number of hydrogen-bond donors (Lipinski definition) is 2. The number of aryl methyl sites for hydroxylation is 1. The Bertz CT molecular complexity index is 1280. The number of fused-ring (bicyclic) bond motifs is 1. The van der Waals surface area contributed by atoms with Crippen molar-refractivity contribution < 1.29 is 21.6 Å². The molecule has 2 aromatic carbocycles. The van der Waals surface area contributed by atoms with Gasteiger partial charge in [0.2, 0.25) is 10.0 Å². The highest BCUT2D eigenvalue weighted by Crippen LogP contribution is 2.33. The minimum Gasteiger partial charge on any atom is -0.328 e. The summed E-state index contributed by atoms with van der Waals surface area (Å²) in [5.41, 5.74) is 1.56. The molecule has 1 heterocycles. The van der Waals surface area contributed by atoms with Crippen LogP contribution in [0.4, 0.5) is 11.4 Å². The average Bonchev–Trinajstić information content (AvgIpc) is 2.71. The van der Waals surface area contributed by atoms with Gasteiger partial charge in [0.25, 0.3) is 15.9 Å². The molecule has 0 radical (unpaired) electrons. The zero-order valence-electron chi connectivity index (χ0n) is 17.6. The molecule has 166 valence electrons. The van der Waals surface area contributed by atoms with Crippen LogP contribution in [0, 0.1) is 6.92 Å². The number of carbonyl (C=O) groups is 1. The van der Waals surface area contributed by atoms with E-state index in [1.807, 2.05) is 6.92 Å². The smallest absolute Gasteiger partial charge is 0.286 e. The van der Waals surface area contributed by atoms with E-state index in [1.165, 1.54) is 31.3 Å². The van der Waals surface area contributed by atoms with Crippen molar-refractivity contribution in [1.29, 1.82) is 0 Å². The number of amides is 1. The van der Waals surface area contributed by atoms with E-state index >= 15 is 0 Å². The molecule has 11 heteroatoms. The lowest BCUT2D eigenvalue weighted by Gasteiger charge is -2.29. The maximum atomic E-state index is 12.8. The largest absolute Gasteiger partial charge is 0.328 e. The molecule has 3 rings (SSSR count). The van der Waals surface area contributed by atoms with Gasteiger partial charge in [0, 0.05) is 17.8 Å². The van der Waals surface area contributed by atoms with Gasteiger partial charge in [-0.15, -0.1) is 4.40 Å². The first-order valence-corrected chi connectivity index (χ1v) is 12.5. The molecule has 0 unspecified atom stereocenters. The van der Waals surface area contributed by atoms with Crippen molar-refractivity contribution in [2.45, 2.75) is 37.0 Å². The molecule has 1 amide bonds. The molecule has 0 bridgehead atoms. The third-order valence-electron chi connectivity index (χ3n) is 4.92. The topological polar surface area (TPSA) is 125 Å². The summed E-state index contributed by atoms with van der Waals surface area (Å²) >= 11 is 0. The molecule has 0 aromatic heterocycles. The van der Waals surface area contributed by atoms with Crippen LogP contribution in [0.15, 0.2) is 50.6 Å². The van der Waals surface area contributed by atoms with E-state index in [0.717, 1.165) is 6.42 Å². The number of nitrogens with zero attached hydrogens (tertiary/aromatic N) is 2. The van der Waals surface area contributed by atoms with E-state index in [2.05, 4.69) is 14.4 Å². The number of anilines is 2. The van der Waals surface area contributed by atoms with Crippen molar-refractivity contribution in [2.75, 3.05) is 23.8 Å². The minimum absolute atomic E-state index is 0.00365. The molecule has 0 fully saturated rings. The summed E-state index contributed by atoms with van der Waals surface area (Å²) in [7, 11) is -6.31. The van der Waals surface area contributed by atoms with Crippen molar-refractivity contribution >= 4 is 43.2 Å². The fourth-order valence-electron chi connectivity index (χ4n) is 3.25. The van der Waals surface area contributed by atoms with Gasteiger partial charge in [-0.3, -0.25) is 4.79 Å². The Kier molecular flexibility index (Phi) is 6.21. The number of carbonyl (C=O) groups excluding carboxylic acids is 1. The average molecular weight is 465 g/mol. The van der Waals surface area contributed by atoms with Gasteiger partial charge in [-0.1, -0.05) is 13.0 Å². The van der Waals surface area contributed by atoms with E-state index in [0.29, 0.717) is 29.3 Å². The zero-order valence-corrected chi connectivity index (χ0v) is 19.3. The first-order valence-electron chi connectivity index (χ1n) is 9.59. The van der Waals surface area contributed by atoms with Crippen LogP contribution in [-0.2, 0) is 20.0 Å². The number of benzene rings is 2. The molecule has 0 atom stereocenters. The van der Waals surface area contributed by atoms with Gasteiger partial charge < -0.3 is 10.2 Å². The lowest BCUT2D eigenvalue weighted by atomic mass is 10.1. The van der Waals surface area contributed by atoms with E-state index < -0.39 is 26.0 Å². The van der Waals surface area contributed by atoms with Gasteiger partial charge in [0.05, 0.1) is 10.6 Å². The third-order valence-corrected chi connectivity index (χ3v) is 7.72. The molecule has 1 aliphatic rings. The molecular formula is C20H24N4O5S2. The molecule has 9 nitrogen and oxygen atoms in total. The Morgan fingerprint density at radius 2 is 1.84 bits per heavy atom. The molecule has 1 aliphatic heterocycles.